The highest BCUT2D eigenvalue weighted by molar-refractivity contribution is 7.89. The van der Waals surface area contributed by atoms with E-state index in [0.717, 1.165) is 4.70 Å². The Morgan fingerprint density at radius 3 is 2.32 bits per heavy atom. The lowest BCUT2D eigenvalue weighted by Gasteiger charge is -2.19. The van der Waals surface area contributed by atoms with Crippen LogP contribution >= 0.6 is 11.3 Å². The molecule has 2 heterocycles. The highest BCUT2D eigenvalue weighted by atomic mass is 32.2. The molecule has 1 aliphatic heterocycles. The standard InChI is InChI=1S/C25H25N3O7S2/c1-4-10-27(11-5-2)37(31,32)18-8-6-17(7-9-18)24(30)26-25-28(16-23(29)33-3)19-14-20-21(15-22(19)36-25)35-13-12-34-20/h4-9,14-15H,1-2,10-13,16H2,3H3. The number of amides is 1. The van der Waals surface area contributed by atoms with Crippen LogP contribution in [0.15, 0.2) is 71.6 Å². The van der Waals surface area contributed by atoms with Crippen molar-refractivity contribution in [3.05, 3.63) is 72.1 Å². The van der Waals surface area contributed by atoms with Gasteiger partial charge in [0.05, 0.1) is 22.2 Å². The van der Waals surface area contributed by atoms with E-state index in [4.69, 9.17) is 14.2 Å². The fourth-order valence-electron chi connectivity index (χ4n) is 3.67. The van der Waals surface area contributed by atoms with E-state index in [1.54, 1.807) is 16.7 Å². The number of thiazole rings is 1. The molecule has 3 aromatic rings. The molecule has 2 aromatic carbocycles. The van der Waals surface area contributed by atoms with Crippen LogP contribution in [0, 0.1) is 0 Å². The summed E-state index contributed by atoms with van der Waals surface area (Å²) in [6.07, 6.45) is 2.97. The van der Waals surface area contributed by atoms with Crippen LogP contribution in [0.3, 0.4) is 0 Å². The topological polar surface area (TPSA) is 117 Å². The number of nitrogens with zero attached hydrogens (tertiary/aromatic N) is 3. The fraction of sp³-hybridized carbons (Fsp3) is 0.240. The predicted octanol–water partition coefficient (Wildman–Crippen LogP) is 2.75. The molecule has 37 heavy (non-hydrogen) atoms. The Labute approximate surface area is 217 Å². The third kappa shape index (κ3) is 5.50. The third-order valence-electron chi connectivity index (χ3n) is 5.46. The van der Waals surface area contributed by atoms with Gasteiger partial charge in [-0.2, -0.15) is 9.30 Å². The SMILES string of the molecule is C=CCN(CC=C)S(=O)(=O)c1ccc(C(=O)N=c2sc3cc4c(cc3n2CC(=O)OC)OCCO4)cc1. The van der Waals surface area contributed by atoms with Gasteiger partial charge in [-0.3, -0.25) is 9.59 Å². The fourth-order valence-corrected chi connectivity index (χ4v) is 6.09. The van der Waals surface area contributed by atoms with E-state index < -0.39 is 21.9 Å². The largest absolute Gasteiger partial charge is 0.486 e. The van der Waals surface area contributed by atoms with Gasteiger partial charge >= 0.3 is 5.97 Å². The van der Waals surface area contributed by atoms with E-state index in [0.29, 0.717) is 30.2 Å². The van der Waals surface area contributed by atoms with Crippen molar-refractivity contribution in [2.75, 3.05) is 33.4 Å². The zero-order valence-corrected chi connectivity index (χ0v) is 21.7. The monoisotopic (exact) mass is 543 g/mol. The summed E-state index contributed by atoms with van der Waals surface area (Å²) >= 11 is 1.21. The third-order valence-corrected chi connectivity index (χ3v) is 8.35. The Balaban J connectivity index is 1.71. The number of sulfonamides is 1. The first kappa shape index (κ1) is 26.3. The van der Waals surface area contributed by atoms with Crippen molar-refractivity contribution >= 4 is 43.5 Å². The lowest BCUT2D eigenvalue weighted by atomic mass is 10.2. The van der Waals surface area contributed by atoms with Crippen LogP contribution in [-0.4, -0.2) is 62.6 Å². The Kier molecular flexibility index (Phi) is 7.91. The molecule has 0 spiro atoms. The summed E-state index contributed by atoms with van der Waals surface area (Å²) in [5.74, 6) is -0.00397. The number of ether oxygens (including phenoxy) is 3. The number of rotatable bonds is 9. The van der Waals surface area contributed by atoms with Gasteiger partial charge in [-0.1, -0.05) is 23.5 Å². The molecule has 1 aromatic heterocycles. The van der Waals surface area contributed by atoms with E-state index in [9.17, 15) is 18.0 Å². The van der Waals surface area contributed by atoms with Gasteiger partial charge in [-0.15, -0.1) is 13.2 Å². The molecule has 194 valence electrons. The lowest BCUT2D eigenvalue weighted by Crippen LogP contribution is -2.31. The minimum Gasteiger partial charge on any atom is -0.486 e. The average molecular weight is 544 g/mol. The molecule has 0 unspecified atom stereocenters. The number of hydrogen-bond acceptors (Lipinski definition) is 8. The second-order valence-corrected chi connectivity index (χ2v) is 10.8. The summed E-state index contributed by atoms with van der Waals surface area (Å²) < 4.78 is 45.5. The van der Waals surface area contributed by atoms with Gasteiger partial charge in [0.2, 0.25) is 10.0 Å². The summed E-state index contributed by atoms with van der Waals surface area (Å²) in [4.78, 5) is 29.7. The van der Waals surface area contributed by atoms with Crippen molar-refractivity contribution in [2.45, 2.75) is 11.4 Å². The number of carbonyl (C=O) groups excluding carboxylic acids is 2. The van der Waals surface area contributed by atoms with Crippen molar-refractivity contribution in [1.82, 2.24) is 8.87 Å². The first-order valence-electron chi connectivity index (χ1n) is 11.2. The molecule has 4 rings (SSSR count). The second kappa shape index (κ2) is 11.1. The first-order chi connectivity index (χ1) is 17.8. The zero-order valence-electron chi connectivity index (χ0n) is 20.1. The van der Waals surface area contributed by atoms with E-state index >= 15 is 0 Å². The van der Waals surface area contributed by atoms with E-state index in [2.05, 4.69) is 18.2 Å². The van der Waals surface area contributed by atoms with Gasteiger partial charge < -0.3 is 18.8 Å². The van der Waals surface area contributed by atoms with Gasteiger partial charge in [0, 0.05) is 30.8 Å². The van der Waals surface area contributed by atoms with E-state index in [1.807, 2.05) is 0 Å². The summed E-state index contributed by atoms with van der Waals surface area (Å²) in [6.45, 7) is 8.09. The highest BCUT2D eigenvalue weighted by Crippen LogP contribution is 2.35. The quantitative estimate of drug-likeness (QED) is 0.301. The van der Waals surface area contributed by atoms with Crippen molar-refractivity contribution in [3.63, 3.8) is 0 Å². The summed E-state index contributed by atoms with van der Waals surface area (Å²) in [6, 6.07) is 9.03. The van der Waals surface area contributed by atoms with Gasteiger partial charge in [0.1, 0.15) is 19.8 Å². The van der Waals surface area contributed by atoms with Gasteiger partial charge in [0.15, 0.2) is 16.3 Å². The van der Waals surface area contributed by atoms with Gasteiger partial charge in [-0.25, -0.2) is 8.42 Å². The number of hydrogen-bond donors (Lipinski definition) is 0. The maximum absolute atomic E-state index is 13.0. The molecule has 10 nitrogen and oxygen atoms in total. The van der Waals surface area contributed by atoms with Crippen molar-refractivity contribution in [3.8, 4) is 11.5 Å². The molecule has 0 saturated heterocycles. The van der Waals surface area contributed by atoms with Crippen LogP contribution in [0.25, 0.3) is 10.2 Å². The Bertz CT molecular complexity index is 1530. The molecule has 0 aliphatic carbocycles. The van der Waals surface area contributed by atoms with Crippen molar-refractivity contribution < 1.29 is 32.2 Å². The molecular weight excluding hydrogens is 518 g/mol. The number of carbonyl (C=O) groups is 2. The maximum Gasteiger partial charge on any atom is 0.325 e. The second-order valence-electron chi connectivity index (χ2n) is 7.85. The normalized spacial score (nSPS) is 13.5. The molecule has 12 heteroatoms. The molecule has 0 radical (unpaired) electrons. The smallest absolute Gasteiger partial charge is 0.325 e. The van der Waals surface area contributed by atoms with E-state index in [1.165, 1.54) is 59.2 Å². The molecule has 1 amide bonds. The Hall–Kier alpha value is -3.74. The molecule has 0 atom stereocenters. The molecule has 1 aliphatic rings. The molecule has 0 N–H and O–H groups in total. The van der Waals surface area contributed by atoms with Crippen LogP contribution < -0.4 is 14.3 Å². The van der Waals surface area contributed by atoms with Crippen LogP contribution in [0.5, 0.6) is 11.5 Å². The zero-order chi connectivity index (χ0) is 26.6. The number of esters is 1. The van der Waals surface area contributed by atoms with Crippen LogP contribution in [0.2, 0.25) is 0 Å². The van der Waals surface area contributed by atoms with Gasteiger partial charge in [-0.05, 0) is 24.3 Å². The molecular formula is C25H25N3O7S2. The lowest BCUT2D eigenvalue weighted by molar-refractivity contribution is -0.141. The Morgan fingerprint density at radius 2 is 1.73 bits per heavy atom. The Morgan fingerprint density at radius 1 is 1.11 bits per heavy atom. The number of methoxy groups -OCH3 is 1. The van der Waals surface area contributed by atoms with Crippen LogP contribution in [-0.2, 0) is 26.1 Å². The molecule has 0 fully saturated rings. The summed E-state index contributed by atoms with van der Waals surface area (Å²) in [7, 11) is -2.53. The number of aromatic nitrogens is 1. The summed E-state index contributed by atoms with van der Waals surface area (Å²) in [5.41, 5.74) is 0.822. The number of benzene rings is 2. The first-order valence-corrected chi connectivity index (χ1v) is 13.4. The minimum absolute atomic E-state index is 0.0287. The average Bonchev–Trinajstić information content (AvgIpc) is 3.22. The minimum atomic E-state index is -3.80. The molecule has 0 bridgehead atoms. The van der Waals surface area contributed by atoms with Crippen LogP contribution in [0.4, 0.5) is 0 Å². The predicted molar refractivity (Wildman–Crippen MR) is 138 cm³/mol. The molecule has 0 saturated carbocycles. The van der Waals surface area contributed by atoms with E-state index in [-0.39, 0.29) is 34.9 Å². The van der Waals surface area contributed by atoms with Gasteiger partial charge in [0.25, 0.3) is 5.91 Å². The maximum atomic E-state index is 13.0. The van der Waals surface area contributed by atoms with Crippen molar-refractivity contribution in [1.29, 1.82) is 0 Å². The summed E-state index contributed by atoms with van der Waals surface area (Å²) in [5, 5.41) is 0. The highest BCUT2D eigenvalue weighted by Gasteiger charge is 2.23. The number of fused-ring (bicyclic) bond motifs is 2. The van der Waals surface area contributed by atoms with Crippen molar-refractivity contribution in [2.24, 2.45) is 4.99 Å². The van der Waals surface area contributed by atoms with Crippen LogP contribution in [0.1, 0.15) is 10.4 Å².